The zero-order valence-corrected chi connectivity index (χ0v) is 10.5. The van der Waals surface area contributed by atoms with Crippen molar-refractivity contribution in [1.29, 1.82) is 0 Å². The fraction of sp³-hybridized carbons (Fsp3) is 0.333. The van der Waals surface area contributed by atoms with Gasteiger partial charge in [0.15, 0.2) is 0 Å². The molecule has 1 aromatic rings. The topological polar surface area (TPSA) is 44.8 Å². The van der Waals surface area contributed by atoms with Gasteiger partial charge in [-0.25, -0.2) is 4.57 Å². The first-order chi connectivity index (χ1) is 7.00. The summed E-state index contributed by atoms with van der Waals surface area (Å²) >= 11 is 4.20. The minimum atomic E-state index is -3.49. The van der Waals surface area contributed by atoms with Crippen LogP contribution in [0.5, 0.6) is 5.75 Å². The van der Waals surface area contributed by atoms with E-state index in [4.69, 9.17) is 4.52 Å². The molecular formula is C9H13O4PS. The van der Waals surface area contributed by atoms with E-state index >= 15 is 0 Å². The maximum atomic E-state index is 11.7. The van der Waals surface area contributed by atoms with Gasteiger partial charge in [0.05, 0.1) is 0 Å². The number of phosphoric ester groups is 1. The van der Waals surface area contributed by atoms with Crippen LogP contribution in [0, 0.1) is 6.92 Å². The SMILES string of the molecule is COP(=O)(OC)Oc1ccc(C)cc1S. The summed E-state index contributed by atoms with van der Waals surface area (Å²) in [6.45, 7) is 1.93. The van der Waals surface area contributed by atoms with Gasteiger partial charge in [-0.15, -0.1) is 12.6 Å². The molecule has 15 heavy (non-hydrogen) atoms. The first-order valence-corrected chi connectivity index (χ1v) is 6.12. The quantitative estimate of drug-likeness (QED) is 0.657. The highest BCUT2D eigenvalue weighted by molar-refractivity contribution is 7.80. The van der Waals surface area contributed by atoms with Crippen LogP contribution < -0.4 is 4.52 Å². The van der Waals surface area contributed by atoms with Crippen molar-refractivity contribution in [2.24, 2.45) is 0 Å². The molecule has 6 heteroatoms. The molecule has 0 spiro atoms. The van der Waals surface area contributed by atoms with Crippen molar-refractivity contribution >= 4 is 20.5 Å². The Bertz CT molecular complexity index is 386. The highest BCUT2D eigenvalue weighted by Crippen LogP contribution is 2.48. The molecule has 0 aliphatic heterocycles. The fourth-order valence-corrected chi connectivity index (χ4v) is 2.07. The third-order valence-corrected chi connectivity index (χ3v) is 3.44. The highest BCUT2D eigenvalue weighted by atomic mass is 32.1. The average Bonchev–Trinajstić information content (AvgIpc) is 2.22. The molecule has 0 fully saturated rings. The van der Waals surface area contributed by atoms with Crippen LogP contribution >= 0.6 is 20.5 Å². The van der Waals surface area contributed by atoms with Crippen molar-refractivity contribution in [3.8, 4) is 5.75 Å². The number of benzene rings is 1. The molecule has 4 nitrogen and oxygen atoms in total. The van der Waals surface area contributed by atoms with Gasteiger partial charge in [-0.05, 0) is 24.6 Å². The van der Waals surface area contributed by atoms with E-state index in [2.05, 4.69) is 21.7 Å². The minimum Gasteiger partial charge on any atom is -0.403 e. The number of hydrogen-bond acceptors (Lipinski definition) is 5. The monoisotopic (exact) mass is 248 g/mol. The number of aryl methyl sites for hydroxylation is 1. The molecule has 0 unspecified atom stereocenters. The normalized spacial score (nSPS) is 11.5. The zero-order chi connectivity index (χ0) is 11.5. The van der Waals surface area contributed by atoms with Crippen molar-refractivity contribution in [1.82, 2.24) is 0 Å². The summed E-state index contributed by atoms with van der Waals surface area (Å²) in [5.74, 6) is 0.371. The molecule has 0 aliphatic carbocycles. The Balaban J connectivity index is 2.94. The molecule has 1 rings (SSSR count). The first kappa shape index (κ1) is 12.6. The summed E-state index contributed by atoms with van der Waals surface area (Å²) in [7, 11) is -0.973. The fourth-order valence-electron chi connectivity index (χ4n) is 0.974. The van der Waals surface area contributed by atoms with Crippen LogP contribution in [0.1, 0.15) is 5.56 Å². The van der Waals surface area contributed by atoms with Gasteiger partial charge in [-0.3, -0.25) is 9.05 Å². The molecule has 1 aromatic carbocycles. The Labute approximate surface area is 94.6 Å². The second-order valence-electron chi connectivity index (χ2n) is 2.87. The second kappa shape index (κ2) is 5.03. The molecule has 0 heterocycles. The zero-order valence-electron chi connectivity index (χ0n) is 8.76. The predicted octanol–water partition coefficient (Wildman–Crippen LogP) is 3.06. The van der Waals surface area contributed by atoms with Crippen LogP contribution in [-0.4, -0.2) is 14.2 Å². The van der Waals surface area contributed by atoms with Crippen molar-refractivity contribution in [3.05, 3.63) is 23.8 Å². The lowest BCUT2D eigenvalue weighted by Crippen LogP contribution is -1.97. The van der Waals surface area contributed by atoms with Crippen molar-refractivity contribution < 1.29 is 18.1 Å². The summed E-state index contributed by atoms with van der Waals surface area (Å²) in [5.41, 5.74) is 1.04. The van der Waals surface area contributed by atoms with Crippen molar-refractivity contribution in [2.75, 3.05) is 14.2 Å². The summed E-state index contributed by atoms with van der Waals surface area (Å²) in [6.07, 6.45) is 0. The molecule has 0 bridgehead atoms. The van der Waals surface area contributed by atoms with E-state index in [0.29, 0.717) is 10.6 Å². The van der Waals surface area contributed by atoms with Gasteiger partial charge >= 0.3 is 7.82 Å². The van der Waals surface area contributed by atoms with Crippen LogP contribution in [0.2, 0.25) is 0 Å². The molecule has 84 valence electrons. The van der Waals surface area contributed by atoms with Crippen LogP contribution in [0.4, 0.5) is 0 Å². The molecule has 0 saturated carbocycles. The van der Waals surface area contributed by atoms with E-state index in [1.807, 2.05) is 13.0 Å². The van der Waals surface area contributed by atoms with Crippen LogP contribution in [0.3, 0.4) is 0 Å². The highest BCUT2D eigenvalue weighted by Gasteiger charge is 2.25. The lowest BCUT2D eigenvalue weighted by atomic mass is 10.2. The Kier molecular flexibility index (Phi) is 4.22. The summed E-state index contributed by atoms with van der Waals surface area (Å²) in [6, 6.07) is 5.29. The molecule has 0 N–H and O–H groups in total. The molecule has 0 saturated heterocycles. The lowest BCUT2D eigenvalue weighted by molar-refractivity contribution is 0.210. The average molecular weight is 248 g/mol. The molecule has 0 aromatic heterocycles. The Morgan fingerprint density at radius 1 is 1.27 bits per heavy atom. The van der Waals surface area contributed by atoms with Crippen LogP contribution in [0.25, 0.3) is 0 Å². The largest absolute Gasteiger partial charge is 0.529 e. The molecule has 0 aliphatic rings. The number of hydrogen-bond donors (Lipinski definition) is 1. The molecule has 0 amide bonds. The van der Waals surface area contributed by atoms with E-state index in [1.54, 1.807) is 12.1 Å². The van der Waals surface area contributed by atoms with Crippen LogP contribution in [-0.2, 0) is 13.6 Å². The van der Waals surface area contributed by atoms with Gasteiger partial charge in [0, 0.05) is 19.1 Å². The number of thiol groups is 1. The van der Waals surface area contributed by atoms with E-state index in [1.165, 1.54) is 14.2 Å². The Morgan fingerprint density at radius 3 is 2.33 bits per heavy atom. The predicted molar refractivity (Wildman–Crippen MR) is 60.7 cm³/mol. The first-order valence-electron chi connectivity index (χ1n) is 4.21. The molecular weight excluding hydrogens is 235 g/mol. The molecule has 0 atom stereocenters. The summed E-state index contributed by atoms with van der Waals surface area (Å²) in [4.78, 5) is 0.587. The van der Waals surface area contributed by atoms with Gasteiger partial charge in [0.25, 0.3) is 0 Å². The standard InChI is InChI=1S/C9H13O4PS/c1-7-4-5-8(9(15)6-7)13-14(10,11-2)12-3/h4-6,15H,1-3H3. The van der Waals surface area contributed by atoms with Crippen LogP contribution in [0.15, 0.2) is 23.1 Å². The maximum Gasteiger partial charge on any atom is 0.529 e. The molecule has 0 radical (unpaired) electrons. The lowest BCUT2D eigenvalue weighted by Gasteiger charge is -2.15. The smallest absolute Gasteiger partial charge is 0.403 e. The summed E-state index contributed by atoms with van der Waals surface area (Å²) < 4.78 is 26.1. The van der Waals surface area contributed by atoms with Crippen molar-refractivity contribution in [3.63, 3.8) is 0 Å². The van der Waals surface area contributed by atoms with E-state index in [-0.39, 0.29) is 0 Å². The van der Waals surface area contributed by atoms with Crippen molar-refractivity contribution in [2.45, 2.75) is 11.8 Å². The van der Waals surface area contributed by atoms with Gasteiger partial charge < -0.3 is 4.52 Å². The van der Waals surface area contributed by atoms with E-state index < -0.39 is 7.82 Å². The summed E-state index contributed by atoms with van der Waals surface area (Å²) in [5, 5.41) is 0. The third kappa shape index (κ3) is 3.24. The maximum absolute atomic E-state index is 11.7. The number of phosphoric acid groups is 1. The Morgan fingerprint density at radius 2 is 1.87 bits per heavy atom. The second-order valence-corrected chi connectivity index (χ2v) is 5.16. The van der Waals surface area contributed by atoms with Gasteiger partial charge in [-0.2, -0.15) is 0 Å². The van der Waals surface area contributed by atoms with E-state index in [9.17, 15) is 4.57 Å². The van der Waals surface area contributed by atoms with Gasteiger partial charge in [0.1, 0.15) is 5.75 Å². The van der Waals surface area contributed by atoms with E-state index in [0.717, 1.165) is 5.56 Å². The van der Waals surface area contributed by atoms with Gasteiger partial charge in [-0.1, -0.05) is 6.07 Å². The minimum absolute atomic E-state index is 0.371. The van der Waals surface area contributed by atoms with Gasteiger partial charge in [0.2, 0.25) is 0 Å². The number of rotatable bonds is 4. The Hall–Kier alpha value is -0.480. The third-order valence-electron chi connectivity index (χ3n) is 1.77.